The van der Waals surface area contributed by atoms with Gasteiger partial charge in [0.2, 0.25) is 0 Å². The summed E-state index contributed by atoms with van der Waals surface area (Å²) in [6.45, 7) is 2.00. The van der Waals surface area contributed by atoms with Crippen molar-refractivity contribution in [1.82, 2.24) is 4.90 Å². The van der Waals surface area contributed by atoms with Crippen molar-refractivity contribution in [3.8, 4) is 0 Å². The van der Waals surface area contributed by atoms with Crippen molar-refractivity contribution in [2.75, 3.05) is 25.0 Å². The molecule has 0 fully saturated rings. The molecule has 0 spiro atoms. The third kappa shape index (κ3) is 2.95. The number of hydrogen-bond acceptors (Lipinski definition) is 2. The highest BCUT2D eigenvalue weighted by Gasteiger charge is 2.23. The van der Waals surface area contributed by atoms with E-state index in [9.17, 15) is 9.18 Å². The van der Waals surface area contributed by atoms with E-state index in [0.717, 1.165) is 17.8 Å². The molecule has 0 N–H and O–H groups in total. The fourth-order valence-corrected chi connectivity index (χ4v) is 3.41. The number of hydrogen-bond donors (Lipinski definition) is 0. The van der Waals surface area contributed by atoms with Crippen LogP contribution in [0.25, 0.3) is 0 Å². The second kappa shape index (κ2) is 6.24. The molecule has 1 aliphatic rings. The van der Waals surface area contributed by atoms with Crippen LogP contribution in [0.5, 0.6) is 0 Å². The van der Waals surface area contributed by atoms with Crippen LogP contribution in [0.15, 0.2) is 42.5 Å². The quantitative estimate of drug-likeness (QED) is 0.672. The molecule has 3 nitrogen and oxygen atoms in total. The normalized spacial score (nSPS) is 14.5. The zero-order valence-corrected chi connectivity index (χ0v) is 14.4. The lowest BCUT2D eigenvalue weighted by Gasteiger charge is -2.21. The molecule has 0 bridgehead atoms. The fraction of sp³-hybridized carbons (Fsp3) is 0.235. The van der Waals surface area contributed by atoms with Gasteiger partial charge in [-0.25, -0.2) is 4.39 Å². The average Bonchev–Trinajstić information content (AvgIpc) is 2.67. The standard InChI is InChI=1S/C17H16FIN2O/c1-20-8-9-21(11-12-4-2-3-5-16(12)20)17(22)14-7-6-13(18)10-15(14)19/h2-7,10H,8-9,11H2,1H3. The molecule has 1 amide bonds. The SMILES string of the molecule is CN1CCN(C(=O)c2ccc(F)cc2I)Cc2ccccc21. The van der Waals surface area contributed by atoms with Crippen molar-refractivity contribution in [3.63, 3.8) is 0 Å². The Balaban J connectivity index is 1.91. The highest BCUT2D eigenvalue weighted by Crippen LogP contribution is 2.25. The molecule has 0 radical (unpaired) electrons. The second-order valence-corrected chi connectivity index (χ2v) is 6.56. The van der Waals surface area contributed by atoms with Gasteiger partial charge in [0.15, 0.2) is 0 Å². The molecule has 0 saturated heterocycles. The average molecular weight is 410 g/mol. The number of nitrogens with zero attached hydrogens (tertiary/aromatic N) is 2. The van der Waals surface area contributed by atoms with Crippen molar-refractivity contribution in [1.29, 1.82) is 0 Å². The van der Waals surface area contributed by atoms with Gasteiger partial charge in [-0.15, -0.1) is 0 Å². The van der Waals surface area contributed by atoms with Gasteiger partial charge < -0.3 is 9.80 Å². The van der Waals surface area contributed by atoms with E-state index in [0.29, 0.717) is 22.2 Å². The van der Waals surface area contributed by atoms with Crippen LogP contribution in [-0.4, -0.2) is 30.9 Å². The van der Waals surface area contributed by atoms with Gasteiger partial charge in [-0.1, -0.05) is 18.2 Å². The summed E-state index contributed by atoms with van der Waals surface area (Å²) < 4.78 is 13.9. The molecule has 114 valence electrons. The Hall–Kier alpha value is -1.63. The van der Waals surface area contributed by atoms with E-state index in [2.05, 4.69) is 11.0 Å². The molecule has 2 aromatic rings. The summed E-state index contributed by atoms with van der Waals surface area (Å²) in [6.07, 6.45) is 0. The molecule has 22 heavy (non-hydrogen) atoms. The molecule has 0 aromatic heterocycles. The second-order valence-electron chi connectivity index (χ2n) is 5.40. The Morgan fingerprint density at radius 2 is 1.95 bits per heavy atom. The molecule has 3 rings (SSSR count). The Morgan fingerprint density at radius 1 is 1.18 bits per heavy atom. The zero-order chi connectivity index (χ0) is 15.7. The van der Waals surface area contributed by atoms with Crippen LogP contribution < -0.4 is 4.90 Å². The first-order valence-corrected chi connectivity index (χ1v) is 8.17. The summed E-state index contributed by atoms with van der Waals surface area (Å²) in [5.41, 5.74) is 2.85. The molecule has 0 atom stereocenters. The molecule has 0 aliphatic carbocycles. The lowest BCUT2D eigenvalue weighted by atomic mass is 10.1. The number of benzene rings is 2. The minimum absolute atomic E-state index is 0.0468. The lowest BCUT2D eigenvalue weighted by molar-refractivity contribution is 0.0750. The maximum atomic E-state index is 13.2. The Kier molecular flexibility index (Phi) is 4.33. The van der Waals surface area contributed by atoms with Gasteiger partial charge in [-0.3, -0.25) is 4.79 Å². The summed E-state index contributed by atoms with van der Waals surface area (Å²) in [5, 5.41) is 0. The number of halogens is 2. The zero-order valence-electron chi connectivity index (χ0n) is 12.2. The van der Waals surface area contributed by atoms with Gasteiger partial charge >= 0.3 is 0 Å². The number of anilines is 1. The molecular formula is C17H16FIN2O. The van der Waals surface area contributed by atoms with Gasteiger partial charge in [-0.2, -0.15) is 0 Å². The van der Waals surface area contributed by atoms with Crippen LogP contribution in [0.3, 0.4) is 0 Å². The Labute approximate surface area is 142 Å². The van der Waals surface area contributed by atoms with E-state index in [4.69, 9.17) is 0 Å². The summed E-state index contributed by atoms with van der Waals surface area (Å²) in [5.74, 6) is -0.364. The number of carbonyl (C=O) groups is 1. The molecular weight excluding hydrogens is 394 g/mol. The molecule has 0 saturated carbocycles. The maximum absolute atomic E-state index is 13.2. The van der Waals surface area contributed by atoms with Crippen molar-refractivity contribution < 1.29 is 9.18 Å². The first-order chi connectivity index (χ1) is 10.6. The van der Waals surface area contributed by atoms with Gasteiger partial charge in [0.1, 0.15) is 5.82 Å². The number of amides is 1. The van der Waals surface area contributed by atoms with E-state index >= 15 is 0 Å². The van der Waals surface area contributed by atoms with Crippen LogP contribution in [-0.2, 0) is 6.54 Å². The first-order valence-electron chi connectivity index (χ1n) is 7.09. The minimum atomic E-state index is -0.318. The first kappa shape index (κ1) is 15.3. The van der Waals surface area contributed by atoms with Crippen molar-refractivity contribution in [2.24, 2.45) is 0 Å². The largest absolute Gasteiger partial charge is 0.373 e. The molecule has 1 aliphatic heterocycles. The van der Waals surface area contributed by atoms with E-state index < -0.39 is 0 Å². The van der Waals surface area contributed by atoms with E-state index in [1.54, 1.807) is 6.07 Å². The van der Waals surface area contributed by atoms with E-state index in [1.807, 2.05) is 52.7 Å². The van der Waals surface area contributed by atoms with Gasteiger partial charge in [0.25, 0.3) is 5.91 Å². The Bertz CT molecular complexity index is 720. The molecule has 0 unspecified atom stereocenters. The molecule has 1 heterocycles. The van der Waals surface area contributed by atoms with Crippen LogP contribution in [0.2, 0.25) is 0 Å². The van der Waals surface area contributed by atoms with Crippen LogP contribution >= 0.6 is 22.6 Å². The van der Waals surface area contributed by atoms with Gasteiger partial charge in [0, 0.05) is 35.9 Å². The van der Waals surface area contributed by atoms with Gasteiger partial charge in [0.05, 0.1) is 5.56 Å². The summed E-state index contributed by atoms with van der Waals surface area (Å²) in [7, 11) is 2.04. The monoisotopic (exact) mass is 410 g/mol. The summed E-state index contributed by atoms with van der Waals surface area (Å²) in [4.78, 5) is 16.8. The highest BCUT2D eigenvalue weighted by molar-refractivity contribution is 14.1. The van der Waals surface area contributed by atoms with Crippen LogP contribution in [0.1, 0.15) is 15.9 Å². The van der Waals surface area contributed by atoms with Crippen LogP contribution in [0.4, 0.5) is 10.1 Å². The van der Waals surface area contributed by atoms with Crippen LogP contribution in [0, 0.1) is 9.39 Å². The predicted molar refractivity (Wildman–Crippen MR) is 93.6 cm³/mol. The van der Waals surface area contributed by atoms with Crippen molar-refractivity contribution >= 4 is 34.2 Å². The fourth-order valence-electron chi connectivity index (χ4n) is 2.70. The molecule has 5 heteroatoms. The molecule has 2 aromatic carbocycles. The summed E-state index contributed by atoms with van der Waals surface area (Å²) >= 11 is 2.01. The number of likely N-dealkylation sites (N-methyl/N-ethyl adjacent to an activating group) is 1. The number of para-hydroxylation sites is 1. The van der Waals surface area contributed by atoms with Crippen molar-refractivity contribution in [2.45, 2.75) is 6.54 Å². The number of carbonyl (C=O) groups excluding carboxylic acids is 1. The van der Waals surface area contributed by atoms with Gasteiger partial charge in [-0.05, 0) is 52.4 Å². The highest BCUT2D eigenvalue weighted by atomic mass is 127. The smallest absolute Gasteiger partial charge is 0.255 e. The topological polar surface area (TPSA) is 23.6 Å². The third-order valence-electron chi connectivity index (χ3n) is 3.92. The van der Waals surface area contributed by atoms with Crippen molar-refractivity contribution in [3.05, 3.63) is 63.0 Å². The third-order valence-corrected chi connectivity index (χ3v) is 4.81. The van der Waals surface area contributed by atoms with E-state index in [1.165, 1.54) is 12.1 Å². The maximum Gasteiger partial charge on any atom is 0.255 e. The lowest BCUT2D eigenvalue weighted by Crippen LogP contribution is -2.34. The Morgan fingerprint density at radius 3 is 2.73 bits per heavy atom. The number of rotatable bonds is 1. The predicted octanol–water partition coefficient (Wildman–Crippen LogP) is 3.52. The minimum Gasteiger partial charge on any atom is -0.373 e. The van der Waals surface area contributed by atoms with E-state index in [-0.39, 0.29) is 11.7 Å². The number of fused-ring (bicyclic) bond motifs is 1. The summed E-state index contributed by atoms with van der Waals surface area (Å²) in [6, 6.07) is 12.4.